The van der Waals surface area contributed by atoms with Crippen LogP contribution in [0.1, 0.15) is 12.5 Å². The molecule has 5 aromatic rings. The highest BCUT2D eigenvalue weighted by Crippen LogP contribution is 2.22. The van der Waals surface area contributed by atoms with E-state index in [-0.39, 0.29) is 17.0 Å². The molecule has 0 spiro atoms. The van der Waals surface area contributed by atoms with Crippen LogP contribution in [0.5, 0.6) is 0 Å². The van der Waals surface area contributed by atoms with Crippen LogP contribution >= 0.6 is 11.8 Å². The first-order valence-electron chi connectivity index (χ1n) is 10.2. The molecule has 0 N–H and O–H groups in total. The molecule has 3 aromatic carbocycles. The lowest BCUT2D eigenvalue weighted by molar-refractivity contribution is 0.642. The number of nitrogens with zero attached hydrogens (tertiary/aromatic N) is 5. The molecule has 0 saturated carbocycles. The molecule has 32 heavy (non-hydrogen) atoms. The van der Waals surface area contributed by atoms with E-state index in [9.17, 15) is 9.59 Å². The standard InChI is InChI=1S/C24H19N5O2S/c1-2-16-11-13-17(14-12-16)29-23(31)18-7-3-5-9-20(18)25-24(29)32-15-28-22(30)19-8-4-6-10-21(19)26-27-28/h3-14H,2,15H2,1H3. The lowest BCUT2D eigenvalue weighted by atomic mass is 10.1. The Balaban J connectivity index is 1.60. The number of hydrogen-bond donors (Lipinski definition) is 0. The SMILES string of the molecule is CCc1ccc(-n2c(SCn3nnc4ccccc4c3=O)nc3ccccc3c2=O)cc1. The number of rotatable bonds is 5. The van der Waals surface area contributed by atoms with Gasteiger partial charge in [-0.15, -0.1) is 5.10 Å². The lowest BCUT2D eigenvalue weighted by Gasteiger charge is -2.14. The van der Waals surface area contributed by atoms with Gasteiger partial charge < -0.3 is 0 Å². The molecule has 0 fully saturated rings. The maximum absolute atomic E-state index is 13.4. The third kappa shape index (κ3) is 3.58. The van der Waals surface area contributed by atoms with Crippen molar-refractivity contribution < 1.29 is 0 Å². The van der Waals surface area contributed by atoms with Gasteiger partial charge in [-0.3, -0.25) is 14.2 Å². The fourth-order valence-electron chi connectivity index (χ4n) is 3.54. The van der Waals surface area contributed by atoms with Crippen molar-refractivity contribution in [1.82, 2.24) is 24.5 Å². The van der Waals surface area contributed by atoms with Crippen LogP contribution in [0.25, 0.3) is 27.5 Å². The quantitative estimate of drug-likeness (QED) is 0.305. The average molecular weight is 442 g/mol. The van der Waals surface area contributed by atoms with Crippen LogP contribution in [0.15, 0.2) is 87.5 Å². The molecule has 0 aliphatic rings. The van der Waals surface area contributed by atoms with E-state index in [0.717, 1.165) is 12.1 Å². The fourth-order valence-corrected chi connectivity index (χ4v) is 4.43. The van der Waals surface area contributed by atoms with Crippen molar-refractivity contribution >= 4 is 33.6 Å². The number of para-hydroxylation sites is 1. The van der Waals surface area contributed by atoms with Crippen LogP contribution in [0.3, 0.4) is 0 Å². The summed E-state index contributed by atoms with van der Waals surface area (Å²) in [6.45, 7) is 2.09. The fraction of sp³-hybridized carbons (Fsp3) is 0.125. The van der Waals surface area contributed by atoms with E-state index in [2.05, 4.69) is 17.2 Å². The molecule has 0 amide bonds. The molecular weight excluding hydrogens is 422 g/mol. The molecule has 8 heteroatoms. The van der Waals surface area contributed by atoms with Gasteiger partial charge in [0.25, 0.3) is 11.1 Å². The van der Waals surface area contributed by atoms with Crippen LogP contribution in [-0.2, 0) is 12.3 Å². The Kier molecular flexibility index (Phi) is 5.28. The summed E-state index contributed by atoms with van der Waals surface area (Å²) in [5, 5.41) is 9.71. The first-order chi connectivity index (χ1) is 15.7. The molecule has 7 nitrogen and oxygen atoms in total. The Morgan fingerprint density at radius 2 is 1.47 bits per heavy atom. The zero-order valence-electron chi connectivity index (χ0n) is 17.3. The van der Waals surface area contributed by atoms with Crippen LogP contribution in [0.2, 0.25) is 0 Å². The Bertz CT molecular complexity index is 1560. The number of fused-ring (bicyclic) bond motifs is 2. The first kappa shape index (κ1) is 20.1. The van der Waals surface area contributed by atoms with Crippen molar-refractivity contribution in [2.24, 2.45) is 0 Å². The van der Waals surface area contributed by atoms with E-state index in [1.165, 1.54) is 22.0 Å². The summed E-state index contributed by atoms with van der Waals surface area (Å²) in [6, 6.07) is 22.2. The molecule has 0 aliphatic carbocycles. The van der Waals surface area contributed by atoms with Crippen LogP contribution in [-0.4, -0.2) is 24.5 Å². The molecule has 0 saturated heterocycles. The van der Waals surface area contributed by atoms with E-state index < -0.39 is 0 Å². The van der Waals surface area contributed by atoms with Gasteiger partial charge in [0.2, 0.25) is 0 Å². The topological polar surface area (TPSA) is 82.7 Å². The summed E-state index contributed by atoms with van der Waals surface area (Å²) in [5.41, 5.74) is 2.69. The minimum absolute atomic E-state index is 0.153. The van der Waals surface area contributed by atoms with Gasteiger partial charge in [-0.05, 0) is 48.4 Å². The second-order valence-electron chi connectivity index (χ2n) is 7.26. The van der Waals surface area contributed by atoms with Crippen molar-refractivity contribution in [1.29, 1.82) is 0 Å². The van der Waals surface area contributed by atoms with E-state index in [4.69, 9.17) is 4.98 Å². The number of benzene rings is 3. The Morgan fingerprint density at radius 1 is 0.812 bits per heavy atom. The normalized spacial score (nSPS) is 11.3. The molecule has 0 aliphatic heterocycles. The molecule has 0 unspecified atom stereocenters. The maximum atomic E-state index is 13.4. The lowest BCUT2D eigenvalue weighted by Crippen LogP contribution is -2.25. The minimum atomic E-state index is -0.231. The second kappa shape index (κ2) is 8.39. The molecule has 158 valence electrons. The predicted molar refractivity (Wildman–Crippen MR) is 126 cm³/mol. The van der Waals surface area contributed by atoms with E-state index in [1.807, 2.05) is 48.5 Å². The van der Waals surface area contributed by atoms with E-state index >= 15 is 0 Å². The second-order valence-corrected chi connectivity index (χ2v) is 8.17. The van der Waals surface area contributed by atoms with Crippen LogP contribution in [0, 0.1) is 0 Å². The highest BCUT2D eigenvalue weighted by Gasteiger charge is 2.14. The van der Waals surface area contributed by atoms with Crippen LogP contribution < -0.4 is 11.1 Å². The summed E-state index contributed by atoms with van der Waals surface area (Å²) in [6.07, 6.45) is 0.913. The highest BCUT2D eigenvalue weighted by molar-refractivity contribution is 7.98. The Hall–Kier alpha value is -3.78. The zero-order valence-corrected chi connectivity index (χ0v) is 18.1. The third-order valence-electron chi connectivity index (χ3n) is 5.29. The molecular formula is C24H19N5O2S. The first-order valence-corrected chi connectivity index (χ1v) is 11.2. The van der Waals surface area contributed by atoms with Crippen molar-refractivity contribution in [3.63, 3.8) is 0 Å². The molecule has 2 heterocycles. The van der Waals surface area contributed by atoms with Crippen LogP contribution in [0.4, 0.5) is 0 Å². The van der Waals surface area contributed by atoms with Gasteiger partial charge in [0, 0.05) is 0 Å². The number of aryl methyl sites for hydroxylation is 1. The van der Waals surface area contributed by atoms with Gasteiger partial charge in [-0.25, -0.2) is 4.98 Å². The van der Waals surface area contributed by atoms with Gasteiger partial charge >= 0.3 is 0 Å². The summed E-state index contributed by atoms with van der Waals surface area (Å²) in [5.74, 6) is 0.175. The molecule has 0 atom stereocenters. The third-order valence-corrected chi connectivity index (χ3v) is 6.20. The van der Waals surface area contributed by atoms with Crippen molar-refractivity contribution in [3.05, 3.63) is 99.1 Å². The van der Waals surface area contributed by atoms with Gasteiger partial charge in [0.05, 0.1) is 27.9 Å². The smallest absolute Gasteiger partial charge is 0.268 e. The summed E-state index contributed by atoms with van der Waals surface area (Å²) in [4.78, 5) is 30.9. The Labute approximate surface area is 187 Å². The summed E-state index contributed by atoms with van der Waals surface area (Å²) in [7, 11) is 0. The summed E-state index contributed by atoms with van der Waals surface area (Å²) >= 11 is 1.27. The minimum Gasteiger partial charge on any atom is -0.268 e. The Morgan fingerprint density at radius 3 is 2.19 bits per heavy atom. The zero-order chi connectivity index (χ0) is 22.1. The van der Waals surface area contributed by atoms with Crippen molar-refractivity contribution in [2.75, 3.05) is 0 Å². The molecule has 5 rings (SSSR count). The van der Waals surface area contributed by atoms with Crippen molar-refractivity contribution in [3.8, 4) is 5.69 Å². The number of thioether (sulfide) groups is 1. The van der Waals surface area contributed by atoms with Gasteiger partial charge in [-0.1, -0.05) is 60.3 Å². The van der Waals surface area contributed by atoms with Gasteiger partial charge in [-0.2, -0.15) is 4.68 Å². The van der Waals surface area contributed by atoms with E-state index in [1.54, 1.807) is 28.8 Å². The monoisotopic (exact) mass is 441 g/mol. The predicted octanol–water partition coefficient (Wildman–Crippen LogP) is 3.80. The average Bonchev–Trinajstić information content (AvgIpc) is 2.84. The van der Waals surface area contributed by atoms with E-state index in [0.29, 0.717) is 27.0 Å². The largest absolute Gasteiger partial charge is 0.278 e. The highest BCUT2D eigenvalue weighted by atomic mass is 32.2. The van der Waals surface area contributed by atoms with Gasteiger partial charge in [0.1, 0.15) is 5.52 Å². The number of aromatic nitrogens is 5. The molecule has 0 radical (unpaired) electrons. The maximum Gasteiger partial charge on any atom is 0.278 e. The summed E-state index contributed by atoms with van der Waals surface area (Å²) < 4.78 is 2.88. The number of hydrogen-bond acceptors (Lipinski definition) is 6. The van der Waals surface area contributed by atoms with Gasteiger partial charge in [0.15, 0.2) is 5.16 Å². The molecule has 2 aromatic heterocycles. The molecule has 0 bridgehead atoms. The van der Waals surface area contributed by atoms with Crippen molar-refractivity contribution in [2.45, 2.75) is 24.4 Å².